The number of carbonyl (C=O) groups excluding carboxylic acids is 4. The third-order valence-corrected chi connectivity index (χ3v) is 6.73. The van der Waals surface area contributed by atoms with Gasteiger partial charge in [-0.3, -0.25) is 14.4 Å². The van der Waals surface area contributed by atoms with Crippen LogP contribution in [0.15, 0.2) is 30.3 Å². The highest BCUT2D eigenvalue weighted by Crippen LogP contribution is 2.17. The summed E-state index contributed by atoms with van der Waals surface area (Å²) in [5.74, 6) is -1.82. The zero-order valence-corrected chi connectivity index (χ0v) is 27.4. The van der Waals surface area contributed by atoms with Gasteiger partial charge >= 0.3 is 6.09 Å². The minimum Gasteiger partial charge on any atom is -0.444 e. The number of carbonyl (C=O) groups is 4. The summed E-state index contributed by atoms with van der Waals surface area (Å²) in [5.41, 5.74) is 0.210. The molecule has 0 saturated heterocycles. The van der Waals surface area contributed by atoms with E-state index in [1.165, 1.54) is 7.11 Å². The molecule has 0 unspecified atom stereocenters. The Hall–Kier alpha value is -3.18. The molecule has 0 bridgehead atoms. The first-order valence-corrected chi connectivity index (χ1v) is 15.1. The second-order valence-corrected chi connectivity index (χ2v) is 12.9. The fraction of sp³-hybridized carbons (Fsp3) is 0.688. The average molecular weight is 607 g/mol. The fourth-order valence-electron chi connectivity index (χ4n) is 4.42. The first-order chi connectivity index (χ1) is 20.0. The maximum absolute atomic E-state index is 13.3. The van der Waals surface area contributed by atoms with Crippen LogP contribution in [0.5, 0.6) is 0 Å². The van der Waals surface area contributed by atoms with Crippen LogP contribution in [0, 0.1) is 17.8 Å². The van der Waals surface area contributed by atoms with Crippen molar-refractivity contribution in [2.75, 3.05) is 13.7 Å². The molecular formula is C32H54N4O7. The summed E-state index contributed by atoms with van der Waals surface area (Å²) in [6.45, 7) is 15.1. The number of hydrogen-bond acceptors (Lipinski definition) is 7. The molecule has 0 radical (unpaired) electrons. The van der Waals surface area contributed by atoms with Crippen molar-refractivity contribution in [3.05, 3.63) is 35.9 Å². The lowest BCUT2D eigenvalue weighted by atomic mass is 9.91. The normalized spacial score (nSPS) is 15.2. The zero-order chi connectivity index (χ0) is 32.7. The molecule has 4 amide bonds. The molecule has 11 heteroatoms. The molecule has 0 aromatic heterocycles. The second kappa shape index (κ2) is 18.5. The van der Waals surface area contributed by atoms with Crippen molar-refractivity contribution in [3.8, 4) is 0 Å². The van der Waals surface area contributed by atoms with Crippen LogP contribution in [0.2, 0.25) is 0 Å². The molecule has 0 aliphatic rings. The smallest absolute Gasteiger partial charge is 0.408 e. The summed E-state index contributed by atoms with van der Waals surface area (Å²) >= 11 is 0. The Bertz CT molecular complexity index is 1010. The molecule has 0 heterocycles. The Labute approximate surface area is 257 Å². The predicted octanol–water partition coefficient (Wildman–Crippen LogP) is 3.29. The van der Waals surface area contributed by atoms with Crippen molar-refractivity contribution in [1.82, 2.24) is 21.3 Å². The van der Waals surface area contributed by atoms with Crippen molar-refractivity contribution < 1.29 is 33.8 Å². The molecule has 244 valence electrons. The summed E-state index contributed by atoms with van der Waals surface area (Å²) in [5, 5.41) is 22.3. The van der Waals surface area contributed by atoms with Crippen LogP contribution < -0.4 is 21.3 Å². The standard InChI is InChI=1S/C32H54N4O7/c1-20(2)17-25(34-29(39)24(15-16-42-9)35-31(41)43-32(6,7)8)26(37)18-22(5)28(38)36-27(21(3)4)30(40)33-19-23-13-11-10-12-14-23/h10-14,20-22,24-27,37H,15-19H2,1-9H3,(H,33,40)(H,34,39)(H,35,41)(H,36,38)/t22-,24+,25+,26+,27+/m1/s1. The Kier molecular flexibility index (Phi) is 16.3. The van der Waals surface area contributed by atoms with Crippen molar-refractivity contribution in [2.24, 2.45) is 17.8 Å². The van der Waals surface area contributed by atoms with Gasteiger partial charge in [-0.05, 0) is 51.0 Å². The fourth-order valence-corrected chi connectivity index (χ4v) is 4.42. The average Bonchev–Trinajstić information content (AvgIpc) is 2.91. The van der Waals surface area contributed by atoms with Crippen LogP contribution in [0.1, 0.15) is 80.2 Å². The van der Waals surface area contributed by atoms with Crippen LogP contribution in [-0.2, 0) is 30.4 Å². The Morgan fingerprint density at radius 1 is 0.860 bits per heavy atom. The van der Waals surface area contributed by atoms with Gasteiger partial charge in [-0.25, -0.2) is 4.79 Å². The van der Waals surface area contributed by atoms with Gasteiger partial charge in [-0.1, -0.05) is 65.0 Å². The molecular weight excluding hydrogens is 552 g/mol. The van der Waals surface area contributed by atoms with E-state index in [0.717, 1.165) is 5.56 Å². The highest BCUT2D eigenvalue weighted by Gasteiger charge is 2.32. The van der Waals surface area contributed by atoms with Gasteiger partial charge in [-0.15, -0.1) is 0 Å². The van der Waals surface area contributed by atoms with Crippen molar-refractivity contribution in [1.29, 1.82) is 0 Å². The number of hydrogen-bond donors (Lipinski definition) is 5. The number of aliphatic hydroxyl groups is 1. The van der Waals surface area contributed by atoms with Gasteiger partial charge in [0.25, 0.3) is 0 Å². The minimum atomic E-state index is -1.05. The molecule has 5 N–H and O–H groups in total. The molecule has 11 nitrogen and oxygen atoms in total. The summed E-state index contributed by atoms with van der Waals surface area (Å²) in [7, 11) is 1.50. The van der Waals surface area contributed by atoms with Gasteiger partial charge in [-0.2, -0.15) is 0 Å². The number of aliphatic hydroxyl groups excluding tert-OH is 1. The topological polar surface area (TPSA) is 155 Å². The van der Waals surface area contributed by atoms with Gasteiger partial charge in [0.2, 0.25) is 17.7 Å². The molecule has 43 heavy (non-hydrogen) atoms. The quantitative estimate of drug-likeness (QED) is 0.182. The Morgan fingerprint density at radius 3 is 2.02 bits per heavy atom. The molecule has 0 aliphatic heterocycles. The van der Waals surface area contributed by atoms with Crippen LogP contribution in [0.25, 0.3) is 0 Å². The van der Waals surface area contributed by atoms with E-state index >= 15 is 0 Å². The molecule has 0 spiro atoms. The Morgan fingerprint density at radius 2 is 1.49 bits per heavy atom. The van der Waals surface area contributed by atoms with E-state index in [1.807, 2.05) is 58.0 Å². The van der Waals surface area contributed by atoms with E-state index in [2.05, 4.69) is 21.3 Å². The predicted molar refractivity (Wildman–Crippen MR) is 166 cm³/mol. The van der Waals surface area contributed by atoms with Crippen molar-refractivity contribution >= 4 is 23.8 Å². The second-order valence-electron chi connectivity index (χ2n) is 12.9. The molecule has 1 rings (SSSR count). The van der Waals surface area contributed by atoms with Crippen LogP contribution in [0.3, 0.4) is 0 Å². The van der Waals surface area contributed by atoms with E-state index < -0.39 is 47.7 Å². The molecule has 0 fully saturated rings. The van der Waals surface area contributed by atoms with Crippen LogP contribution in [-0.4, -0.2) is 72.5 Å². The summed E-state index contributed by atoms with van der Waals surface area (Å²) in [4.78, 5) is 51.7. The highest BCUT2D eigenvalue weighted by atomic mass is 16.6. The van der Waals surface area contributed by atoms with E-state index in [1.54, 1.807) is 27.7 Å². The maximum atomic E-state index is 13.3. The lowest BCUT2D eigenvalue weighted by Gasteiger charge is -2.30. The van der Waals surface area contributed by atoms with E-state index in [0.29, 0.717) is 13.0 Å². The van der Waals surface area contributed by atoms with Crippen molar-refractivity contribution in [2.45, 2.75) is 111 Å². The zero-order valence-electron chi connectivity index (χ0n) is 27.4. The first kappa shape index (κ1) is 37.8. The van der Waals surface area contributed by atoms with Gasteiger partial charge in [0.15, 0.2) is 0 Å². The number of benzene rings is 1. The highest BCUT2D eigenvalue weighted by molar-refractivity contribution is 5.88. The summed E-state index contributed by atoms with van der Waals surface area (Å²) in [6.07, 6.45) is -1.08. The third kappa shape index (κ3) is 15.2. The van der Waals surface area contributed by atoms with Crippen LogP contribution in [0.4, 0.5) is 4.79 Å². The summed E-state index contributed by atoms with van der Waals surface area (Å²) < 4.78 is 10.4. The minimum absolute atomic E-state index is 0.0577. The van der Waals surface area contributed by atoms with Crippen molar-refractivity contribution in [3.63, 3.8) is 0 Å². The number of alkyl carbamates (subject to hydrolysis) is 1. The monoisotopic (exact) mass is 606 g/mol. The van der Waals surface area contributed by atoms with E-state index in [9.17, 15) is 24.3 Å². The first-order valence-electron chi connectivity index (χ1n) is 15.1. The number of methoxy groups -OCH3 is 1. The van der Waals surface area contributed by atoms with Gasteiger partial charge in [0.05, 0.1) is 12.1 Å². The van der Waals surface area contributed by atoms with E-state index in [-0.39, 0.29) is 43.1 Å². The molecule has 0 aliphatic carbocycles. The van der Waals surface area contributed by atoms with Gasteiger partial charge in [0.1, 0.15) is 17.7 Å². The maximum Gasteiger partial charge on any atom is 0.408 e. The summed E-state index contributed by atoms with van der Waals surface area (Å²) in [6, 6.07) is 7.13. The number of nitrogens with one attached hydrogen (secondary N) is 4. The molecule has 0 saturated carbocycles. The number of ether oxygens (including phenoxy) is 2. The van der Waals surface area contributed by atoms with E-state index in [4.69, 9.17) is 9.47 Å². The molecule has 1 aromatic carbocycles. The Balaban J connectivity index is 2.88. The number of amides is 4. The SMILES string of the molecule is COCC[C@H](NC(=O)OC(C)(C)C)C(=O)N[C@@H](CC(C)C)[C@@H](O)C[C@@H](C)C(=O)N[C@H](C(=O)NCc1ccccc1)C(C)C. The largest absolute Gasteiger partial charge is 0.444 e. The lowest BCUT2D eigenvalue weighted by Crippen LogP contribution is -2.54. The van der Waals surface area contributed by atoms with Gasteiger partial charge in [0, 0.05) is 32.6 Å². The molecule has 5 atom stereocenters. The third-order valence-electron chi connectivity index (χ3n) is 6.73. The lowest BCUT2D eigenvalue weighted by molar-refractivity contribution is -0.132. The van der Waals surface area contributed by atoms with Gasteiger partial charge < -0.3 is 35.8 Å². The van der Waals surface area contributed by atoms with Crippen LogP contribution >= 0.6 is 0 Å². The molecule has 1 aromatic rings. The number of rotatable bonds is 17.